The second-order valence-electron chi connectivity index (χ2n) is 5.63. The SMILES string of the molecule is CCCOc1cccc(C(CN)N(C)CC(C)CC)c1. The van der Waals surface area contributed by atoms with Gasteiger partial charge in [-0.2, -0.15) is 0 Å². The minimum absolute atomic E-state index is 0.258. The van der Waals surface area contributed by atoms with Gasteiger partial charge in [-0.05, 0) is 37.1 Å². The number of nitrogens with two attached hydrogens (primary N) is 1. The van der Waals surface area contributed by atoms with Crippen molar-refractivity contribution in [3.05, 3.63) is 29.8 Å². The van der Waals surface area contributed by atoms with E-state index in [-0.39, 0.29) is 6.04 Å². The lowest BCUT2D eigenvalue weighted by Crippen LogP contribution is -2.33. The predicted molar refractivity (Wildman–Crippen MR) is 86.1 cm³/mol. The molecule has 0 aliphatic heterocycles. The first-order valence-electron chi connectivity index (χ1n) is 7.75. The Labute approximate surface area is 124 Å². The van der Waals surface area contributed by atoms with Crippen LogP contribution in [0.2, 0.25) is 0 Å². The molecule has 3 heteroatoms. The standard InChI is InChI=1S/C17H30N2O/c1-5-10-20-16-9-7-8-15(11-16)17(12-18)19(4)13-14(3)6-2/h7-9,11,14,17H,5-6,10,12-13,18H2,1-4H3. The summed E-state index contributed by atoms with van der Waals surface area (Å²) in [5.41, 5.74) is 7.23. The van der Waals surface area contributed by atoms with Crippen molar-refractivity contribution in [2.75, 3.05) is 26.7 Å². The van der Waals surface area contributed by atoms with Crippen molar-refractivity contribution >= 4 is 0 Å². The van der Waals surface area contributed by atoms with Gasteiger partial charge in [0.05, 0.1) is 6.61 Å². The van der Waals surface area contributed by atoms with Gasteiger partial charge in [-0.1, -0.05) is 39.3 Å². The highest BCUT2D eigenvalue weighted by molar-refractivity contribution is 5.30. The first kappa shape index (κ1) is 17.0. The molecule has 0 amide bonds. The number of benzene rings is 1. The van der Waals surface area contributed by atoms with E-state index in [0.717, 1.165) is 25.3 Å². The third kappa shape index (κ3) is 5.14. The third-order valence-electron chi connectivity index (χ3n) is 3.77. The van der Waals surface area contributed by atoms with Crippen molar-refractivity contribution in [1.82, 2.24) is 4.90 Å². The highest BCUT2D eigenvalue weighted by atomic mass is 16.5. The van der Waals surface area contributed by atoms with Gasteiger partial charge in [0, 0.05) is 19.1 Å². The van der Waals surface area contributed by atoms with E-state index >= 15 is 0 Å². The molecule has 0 heterocycles. The number of hydrogen-bond acceptors (Lipinski definition) is 3. The van der Waals surface area contributed by atoms with E-state index in [1.165, 1.54) is 12.0 Å². The number of ether oxygens (including phenoxy) is 1. The maximum Gasteiger partial charge on any atom is 0.119 e. The topological polar surface area (TPSA) is 38.5 Å². The van der Waals surface area contributed by atoms with Gasteiger partial charge in [0.1, 0.15) is 5.75 Å². The Morgan fingerprint density at radius 2 is 2.05 bits per heavy atom. The summed E-state index contributed by atoms with van der Waals surface area (Å²) in [6.45, 7) is 9.09. The quantitative estimate of drug-likeness (QED) is 0.752. The maximum atomic E-state index is 5.99. The van der Waals surface area contributed by atoms with Gasteiger partial charge in [0.2, 0.25) is 0 Å². The fraction of sp³-hybridized carbons (Fsp3) is 0.647. The lowest BCUT2D eigenvalue weighted by Gasteiger charge is -2.29. The summed E-state index contributed by atoms with van der Waals surface area (Å²) in [6, 6.07) is 8.60. The van der Waals surface area contributed by atoms with Gasteiger partial charge in [0.25, 0.3) is 0 Å². The van der Waals surface area contributed by atoms with Crippen LogP contribution < -0.4 is 10.5 Å². The van der Waals surface area contributed by atoms with Crippen LogP contribution in [0.1, 0.15) is 45.2 Å². The van der Waals surface area contributed by atoms with E-state index in [0.29, 0.717) is 12.5 Å². The second-order valence-corrected chi connectivity index (χ2v) is 5.63. The number of rotatable bonds is 9. The summed E-state index contributed by atoms with van der Waals surface area (Å²) in [5.74, 6) is 1.63. The molecule has 2 atom stereocenters. The molecule has 114 valence electrons. The van der Waals surface area contributed by atoms with Crippen LogP contribution in [0, 0.1) is 5.92 Å². The molecule has 2 unspecified atom stereocenters. The van der Waals surface area contributed by atoms with Crippen LogP contribution in [0.3, 0.4) is 0 Å². The number of likely N-dealkylation sites (N-methyl/N-ethyl adjacent to an activating group) is 1. The fourth-order valence-corrected chi connectivity index (χ4v) is 2.35. The van der Waals surface area contributed by atoms with Crippen LogP contribution in [0.25, 0.3) is 0 Å². The normalized spacial score (nSPS) is 14.3. The molecule has 0 spiro atoms. The van der Waals surface area contributed by atoms with Gasteiger partial charge in [0.15, 0.2) is 0 Å². The van der Waals surface area contributed by atoms with Crippen LogP contribution in [0.4, 0.5) is 0 Å². The van der Waals surface area contributed by atoms with Gasteiger partial charge < -0.3 is 10.5 Å². The van der Waals surface area contributed by atoms with Crippen molar-refractivity contribution in [2.45, 2.75) is 39.7 Å². The molecule has 0 saturated heterocycles. The first-order valence-corrected chi connectivity index (χ1v) is 7.75. The molecule has 1 aromatic carbocycles. The van der Waals surface area contributed by atoms with Crippen molar-refractivity contribution < 1.29 is 4.74 Å². The minimum Gasteiger partial charge on any atom is -0.494 e. The number of nitrogens with zero attached hydrogens (tertiary/aromatic N) is 1. The zero-order chi connectivity index (χ0) is 15.0. The van der Waals surface area contributed by atoms with Gasteiger partial charge in [-0.15, -0.1) is 0 Å². The van der Waals surface area contributed by atoms with Crippen LogP contribution >= 0.6 is 0 Å². The average Bonchev–Trinajstić information content (AvgIpc) is 2.46. The molecule has 0 aliphatic rings. The third-order valence-corrected chi connectivity index (χ3v) is 3.77. The average molecular weight is 278 g/mol. The Morgan fingerprint density at radius 1 is 1.30 bits per heavy atom. The van der Waals surface area contributed by atoms with Crippen LogP contribution in [-0.2, 0) is 0 Å². The zero-order valence-electron chi connectivity index (χ0n) is 13.4. The summed E-state index contributed by atoms with van der Waals surface area (Å²) < 4.78 is 5.71. The van der Waals surface area contributed by atoms with E-state index < -0.39 is 0 Å². The van der Waals surface area contributed by atoms with Gasteiger partial charge in [-0.3, -0.25) is 4.90 Å². The Balaban J connectivity index is 2.77. The molecule has 0 fully saturated rings. The lowest BCUT2D eigenvalue weighted by molar-refractivity contribution is 0.214. The number of hydrogen-bond donors (Lipinski definition) is 1. The summed E-state index contributed by atoms with van der Waals surface area (Å²) in [7, 11) is 2.16. The molecule has 20 heavy (non-hydrogen) atoms. The van der Waals surface area contributed by atoms with Crippen LogP contribution in [0.5, 0.6) is 5.75 Å². The molecule has 0 bridgehead atoms. The molecule has 0 saturated carbocycles. The molecule has 1 rings (SSSR count). The summed E-state index contributed by atoms with van der Waals surface area (Å²) in [5, 5.41) is 0. The summed E-state index contributed by atoms with van der Waals surface area (Å²) >= 11 is 0. The summed E-state index contributed by atoms with van der Waals surface area (Å²) in [4.78, 5) is 2.35. The van der Waals surface area contributed by atoms with E-state index in [1.54, 1.807) is 0 Å². The smallest absolute Gasteiger partial charge is 0.119 e. The lowest BCUT2D eigenvalue weighted by atomic mass is 10.0. The fourth-order valence-electron chi connectivity index (χ4n) is 2.35. The Kier molecular flexibility index (Phi) is 7.63. The van der Waals surface area contributed by atoms with E-state index in [2.05, 4.69) is 50.9 Å². The van der Waals surface area contributed by atoms with E-state index in [4.69, 9.17) is 10.5 Å². The predicted octanol–water partition coefficient (Wildman–Crippen LogP) is 3.45. The minimum atomic E-state index is 0.258. The molecular weight excluding hydrogens is 248 g/mol. The largest absolute Gasteiger partial charge is 0.494 e. The molecule has 3 nitrogen and oxygen atoms in total. The van der Waals surface area contributed by atoms with Crippen molar-refractivity contribution in [2.24, 2.45) is 11.7 Å². The zero-order valence-corrected chi connectivity index (χ0v) is 13.4. The molecule has 0 aromatic heterocycles. The molecular formula is C17H30N2O. The van der Waals surface area contributed by atoms with Gasteiger partial charge >= 0.3 is 0 Å². The van der Waals surface area contributed by atoms with Crippen molar-refractivity contribution in [3.63, 3.8) is 0 Å². The molecule has 0 radical (unpaired) electrons. The van der Waals surface area contributed by atoms with Gasteiger partial charge in [-0.25, -0.2) is 0 Å². The Bertz CT molecular complexity index is 381. The van der Waals surface area contributed by atoms with Crippen LogP contribution in [0.15, 0.2) is 24.3 Å². The van der Waals surface area contributed by atoms with Crippen molar-refractivity contribution in [3.8, 4) is 5.75 Å². The first-order chi connectivity index (χ1) is 9.62. The molecule has 0 aliphatic carbocycles. The van der Waals surface area contributed by atoms with E-state index in [9.17, 15) is 0 Å². The maximum absolute atomic E-state index is 5.99. The van der Waals surface area contributed by atoms with Crippen LogP contribution in [-0.4, -0.2) is 31.6 Å². The molecule has 1 aromatic rings. The highest BCUT2D eigenvalue weighted by Crippen LogP contribution is 2.24. The highest BCUT2D eigenvalue weighted by Gasteiger charge is 2.17. The summed E-state index contributed by atoms with van der Waals surface area (Å²) in [6.07, 6.45) is 2.22. The Hall–Kier alpha value is -1.06. The van der Waals surface area contributed by atoms with E-state index in [1.807, 2.05) is 6.07 Å². The monoisotopic (exact) mass is 278 g/mol. The second kappa shape index (κ2) is 8.98. The molecule has 2 N–H and O–H groups in total. The van der Waals surface area contributed by atoms with Crippen molar-refractivity contribution in [1.29, 1.82) is 0 Å². The Morgan fingerprint density at radius 3 is 2.65 bits per heavy atom.